The molecule has 3 rings (SSSR count). The Balaban J connectivity index is 2.21. The number of H-pyrrole nitrogens is 1. The van der Waals surface area contributed by atoms with Crippen molar-refractivity contribution in [3.8, 4) is 11.1 Å². The SMILES string of the molecule is Cn1ncc(-c2ccc3cn[nH]c3c2)c1N. The highest BCUT2D eigenvalue weighted by Crippen LogP contribution is 2.27. The summed E-state index contributed by atoms with van der Waals surface area (Å²) in [5.74, 6) is 0.666. The highest BCUT2D eigenvalue weighted by molar-refractivity contribution is 5.85. The summed E-state index contributed by atoms with van der Waals surface area (Å²) in [5.41, 5.74) is 8.92. The Morgan fingerprint density at radius 3 is 2.94 bits per heavy atom. The lowest BCUT2D eigenvalue weighted by Gasteiger charge is -2.00. The first kappa shape index (κ1) is 8.96. The van der Waals surface area contributed by atoms with E-state index in [1.165, 1.54) is 0 Å². The summed E-state index contributed by atoms with van der Waals surface area (Å²) in [6.07, 6.45) is 3.57. The third-order valence-corrected chi connectivity index (χ3v) is 2.74. The van der Waals surface area contributed by atoms with Gasteiger partial charge in [-0.1, -0.05) is 12.1 Å². The predicted molar refractivity (Wildman–Crippen MR) is 62.7 cm³/mol. The topological polar surface area (TPSA) is 72.5 Å². The van der Waals surface area contributed by atoms with Crippen LogP contribution < -0.4 is 5.73 Å². The van der Waals surface area contributed by atoms with E-state index in [1.807, 2.05) is 25.2 Å². The van der Waals surface area contributed by atoms with E-state index in [9.17, 15) is 0 Å². The van der Waals surface area contributed by atoms with Gasteiger partial charge >= 0.3 is 0 Å². The number of nitrogens with two attached hydrogens (primary N) is 1. The molecule has 0 fully saturated rings. The molecule has 2 heterocycles. The van der Waals surface area contributed by atoms with Crippen LogP contribution in [0.5, 0.6) is 0 Å². The number of nitrogens with zero attached hydrogens (tertiary/aromatic N) is 3. The highest BCUT2D eigenvalue weighted by Gasteiger charge is 2.08. The van der Waals surface area contributed by atoms with Crippen LogP contribution in [0.15, 0.2) is 30.6 Å². The van der Waals surface area contributed by atoms with Crippen molar-refractivity contribution in [2.45, 2.75) is 0 Å². The predicted octanol–water partition coefficient (Wildman–Crippen LogP) is 1.55. The van der Waals surface area contributed by atoms with E-state index >= 15 is 0 Å². The Kier molecular flexibility index (Phi) is 1.73. The molecule has 0 bridgehead atoms. The number of aromatic nitrogens is 4. The lowest BCUT2D eigenvalue weighted by atomic mass is 10.1. The van der Waals surface area contributed by atoms with Crippen LogP contribution >= 0.6 is 0 Å². The van der Waals surface area contributed by atoms with Gasteiger partial charge in [-0.15, -0.1) is 0 Å². The first-order chi connectivity index (χ1) is 7.75. The van der Waals surface area contributed by atoms with Crippen molar-refractivity contribution in [2.75, 3.05) is 5.73 Å². The van der Waals surface area contributed by atoms with E-state index < -0.39 is 0 Å². The number of hydrogen-bond acceptors (Lipinski definition) is 3. The van der Waals surface area contributed by atoms with E-state index in [4.69, 9.17) is 5.73 Å². The molecule has 0 aliphatic carbocycles. The number of fused-ring (bicyclic) bond motifs is 1. The lowest BCUT2D eigenvalue weighted by Crippen LogP contribution is -1.97. The average molecular weight is 213 g/mol. The zero-order valence-corrected chi connectivity index (χ0v) is 8.81. The number of aryl methyl sites for hydroxylation is 1. The van der Waals surface area contributed by atoms with E-state index in [2.05, 4.69) is 15.3 Å². The van der Waals surface area contributed by atoms with Gasteiger partial charge in [0.15, 0.2) is 0 Å². The number of aromatic amines is 1. The summed E-state index contributed by atoms with van der Waals surface area (Å²) < 4.78 is 1.66. The number of anilines is 1. The van der Waals surface area contributed by atoms with Crippen molar-refractivity contribution < 1.29 is 0 Å². The van der Waals surface area contributed by atoms with Gasteiger partial charge in [-0.25, -0.2) is 0 Å². The van der Waals surface area contributed by atoms with E-state index in [1.54, 1.807) is 17.1 Å². The largest absolute Gasteiger partial charge is 0.383 e. The van der Waals surface area contributed by atoms with Crippen molar-refractivity contribution >= 4 is 16.7 Å². The first-order valence-corrected chi connectivity index (χ1v) is 4.96. The molecule has 0 atom stereocenters. The maximum absolute atomic E-state index is 5.93. The summed E-state index contributed by atoms with van der Waals surface area (Å²) in [7, 11) is 1.83. The van der Waals surface area contributed by atoms with E-state index in [0.717, 1.165) is 22.0 Å². The van der Waals surface area contributed by atoms with Gasteiger partial charge in [-0.3, -0.25) is 9.78 Å². The van der Waals surface area contributed by atoms with Gasteiger partial charge in [0.25, 0.3) is 0 Å². The Hall–Kier alpha value is -2.30. The summed E-state index contributed by atoms with van der Waals surface area (Å²) in [6, 6.07) is 6.06. The smallest absolute Gasteiger partial charge is 0.129 e. The van der Waals surface area contributed by atoms with Crippen molar-refractivity contribution in [3.63, 3.8) is 0 Å². The molecule has 0 spiro atoms. The van der Waals surface area contributed by atoms with Crippen LogP contribution in [-0.4, -0.2) is 20.0 Å². The molecule has 2 aromatic heterocycles. The standard InChI is InChI=1S/C11H11N5/c1-16-11(12)9(6-14-16)7-2-3-8-5-13-15-10(8)4-7/h2-6H,12H2,1H3,(H,13,15). The van der Waals surface area contributed by atoms with Crippen LogP contribution in [0.3, 0.4) is 0 Å². The van der Waals surface area contributed by atoms with Crippen molar-refractivity contribution in [3.05, 3.63) is 30.6 Å². The number of hydrogen-bond donors (Lipinski definition) is 2. The molecule has 0 aliphatic rings. The molecule has 0 radical (unpaired) electrons. The number of nitrogen functional groups attached to an aromatic ring is 1. The van der Waals surface area contributed by atoms with Crippen LogP contribution in [0.2, 0.25) is 0 Å². The van der Waals surface area contributed by atoms with Crippen LogP contribution in [0, 0.1) is 0 Å². The van der Waals surface area contributed by atoms with Gasteiger partial charge in [0.1, 0.15) is 5.82 Å². The Bertz CT molecular complexity index is 649. The fourth-order valence-corrected chi connectivity index (χ4v) is 1.77. The molecule has 80 valence electrons. The number of benzene rings is 1. The van der Waals surface area contributed by atoms with Gasteiger partial charge in [0.05, 0.1) is 17.9 Å². The molecule has 3 N–H and O–H groups in total. The van der Waals surface area contributed by atoms with Gasteiger partial charge in [0, 0.05) is 18.0 Å². The fraction of sp³-hybridized carbons (Fsp3) is 0.0909. The molecular formula is C11H11N5. The molecule has 0 saturated heterocycles. The summed E-state index contributed by atoms with van der Waals surface area (Å²) >= 11 is 0. The van der Waals surface area contributed by atoms with Crippen molar-refractivity contribution in [1.82, 2.24) is 20.0 Å². The third kappa shape index (κ3) is 1.18. The van der Waals surface area contributed by atoms with E-state index in [-0.39, 0.29) is 0 Å². The Morgan fingerprint density at radius 2 is 2.19 bits per heavy atom. The number of rotatable bonds is 1. The van der Waals surface area contributed by atoms with Crippen LogP contribution in [0.1, 0.15) is 0 Å². The monoisotopic (exact) mass is 213 g/mol. The summed E-state index contributed by atoms with van der Waals surface area (Å²) in [5, 5.41) is 12.1. The summed E-state index contributed by atoms with van der Waals surface area (Å²) in [6.45, 7) is 0. The summed E-state index contributed by atoms with van der Waals surface area (Å²) in [4.78, 5) is 0. The van der Waals surface area contributed by atoms with Crippen LogP contribution in [0.25, 0.3) is 22.0 Å². The molecular weight excluding hydrogens is 202 g/mol. The molecule has 16 heavy (non-hydrogen) atoms. The third-order valence-electron chi connectivity index (χ3n) is 2.74. The fourth-order valence-electron chi connectivity index (χ4n) is 1.77. The van der Waals surface area contributed by atoms with Gasteiger partial charge < -0.3 is 5.73 Å². The zero-order valence-electron chi connectivity index (χ0n) is 8.81. The normalized spacial score (nSPS) is 11.1. The zero-order chi connectivity index (χ0) is 11.1. The second kappa shape index (κ2) is 3.10. The minimum absolute atomic E-state index is 0.666. The molecule has 0 saturated carbocycles. The van der Waals surface area contributed by atoms with Crippen molar-refractivity contribution in [1.29, 1.82) is 0 Å². The quantitative estimate of drug-likeness (QED) is 0.644. The average Bonchev–Trinajstić information content (AvgIpc) is 2.86. The van der Waals surface area contributed by atoms with Gasteiger partial charge in [-0.05, 0) is 11.6 Å². The minimum atomic E-state index is 0.666. The second-order valence-corrected chi connectivity index (χ2v) is 3.74. The van der Waals surface area contributed by atoms with E-state index in [0.29, 0.717) is 5.82 Å². The molecule has 1 aromatic carbocycles. The molecule has 0 aliphatic heterocycles. The number of nitrogens with one attached hydrogen (secondary N) is 1. The first-order valence-electron chi connectivity index (χ1n) is 4.96. The van der Waals surface area contributed by atoms with Crippen LogP contribution in [0.4, 0.5) is 5.82 Å². The molecule has 5 heteroatoms. The molecule has 5 nitrogen and oxygen atoms in total. The van der Waals surface area contributed by atoms with Crippen molar-refractivity contribution in [2.24, 2.45) is 7.05 Å². The van der Waals surface area contributed by atoms with Gasteiger partial charge in [-0.2, -0.15) is 10.2 Å². The maximum atomic E-state index is 5.93. The molecule has 3 aromatic rings. The van der Waals surface area contributed by atoms with Crippen LogP contribution in [-0.2, 0) is 7.05 Å². The molecule has 0 amide bonds. The Morgan fingerprint density at radius 1 is 1.31 bits per heavy atom. The second-order valence-electron chi connectivity index (χ2n) is 3.74. The lowest BCUT2D eigenvalue weighted by molar-refractivity contribution is 0.779. The maximum Gasteiger partial charge on any atom is 0.129 e. The van der Waals surface area contributed by atoms with Gasteiger partial charge in [0.2, 0.25) is 0 Å². The highest BCUT2D eigenvalue weighted by atomic mass is 15.3. The minimum Gasteiger partial charge on any atom is -0.383 e. The molecule has 0 unspecified atom stereocenters. The Labute approximate surface area is 91.9 Å².